The number of halogens is 1. The Labute approximate surface area is 193 Å². The molecular formula is C28H27FN2O2. The summed E-state index contributed by atoms with van der Waals surface area (Å²) in [7, 11) is 0. The maximum atomic E-state index is 13.5. The molecule has 1 aliphatic rings. The minimum atomic E-state index is -0.350. The van der Waals surface area contributed by atoms with E-state index in [1.807, 2.05) is 64.1 Å². The number of benzene rings is 3. The first-order valence-corrected chi connectivity index (χ1v) is 11.0. The Morgan fingerprint density at radius 1 is 0.788 bits per heavy atom. The number of nitrogens with zero attached hydrogens (tertiary/aromatic N) is 1. The minimum absolute atomic E-state index is 0.218. The highest BCUT2D eigenvalue weighted by atomic mass is 19.1. The quantitative estimate of drug-likeness (QED) is 0.513. The van der Waals surface area contributed by atoms with Crippen LogP contribution >= 0.6 is 0 Å². The van der Waals surface area contributed by atoms with E-state index >= 15 is 0 Å². The lowest BCUT2D eigenvalue weighted by Gasteiger charge is -2.16. The molecule has 1 heterocycles. The van der Waals surface area contributed by atoms with Gasteiger partial charge < -0.3 is 5.32 Å². The Bertz CT molecular complexity index is 1280. The Balaban J connectivity index is 1.71. The first-order valence-electron chi connectivity index (χ1n) is 11.0. The van der Waals surface area contributed by atoms with Crippen molar-refractivity contribution in [2.24, 2.45) is 0 Å². The highest BCUT2D eigenvalue weighted by Gasteiger charge is 2.39. The van der Waals surface area contributed by atoms with E-state index in [9.17, 15) is 14.0 Å². The van der Waals surface area contributed by atoms with Crippen LogP contribution in [0.1, 0.15) is 33.4 Å². The van der Waals surface area contributed by atoms with E-state index in [1.54, 1.807) is 12.1 Å². The van der Waals surface area contributed by atoms with Crippen LogP contribution in [0.2, 0.25) is 0 Å². The third kappa shape index (κ3) is 4.58. The molecule has 1 aliphatic heterocycles. The van der Waals surface area contributed by atoms with Gasteiger partial charge in [0.05, 0.1) is 5.57 Å². The normalized spacial score (nSPS) is 13.8. The summed E-state index contributed by atoms with van der Waals surface area (Å²) in [6.07, 6.45) is 0.453. The smallest absolute Gasteiger partial charge is 0.278 e. The molecule has 4 rings (SSSR count). The molecule has 1 N–H and O–H groups in total. The van der Waals surface area contributed by atoms with Crippen LogP contribution in [0.15, 0.2) is 66.4 Å². The number of imide groups is 1. The molecule has 0 saturated heterocycles. The standard InChI is InChI=1S/C28H27FN2O2/c1-17-5-11-23(19(3)15-17)25-26(30-24-12-6-18(2)16-20(24)4)28(33)31(27(25)32)14-13-21-7-9-22(29)10-8-21/h5-12,15-16,30H,13-14H2,1-4H3. The molecule has 3 aromatic rings. The van der Waals surface area contributed by atoms with Crippen LogP contribution in [0.5, 0.6) is 0 Å². The molecule has 0 spiro atoms. The van der Waals surface area contributed by atoms with Gasteiger partial charge in [0.15, 0.2) is 0 Å². The van der Waals surface area contributed by atoms with E-state index in [0.29, 0.717) is 12.0 Å². The van der Waals surface area contributed by atoms with E-state index < -0.39 is 0 Å². The number of amides is 2. The number of nitrogens with one attached hydrogen (secondary N) is 1. The van der Waals surface area contributed by atoms with E-state index in [2.05, 4.69) is 5.32 Å². The number of carbonyl (C=O) groups is 2. The largest absolute Gasteiger partial charge is 0.350 e. The lowest BCUT2D eigenvalue weighted by Crippen LogP contribution is -2.34. The molecule has 0 atom stereocenters. The van der Waals surface area contributed by atoms with Crippen molar-refractivity contribution >= 4 is 23.1 Å². The molecule has 4 nitrogen and oxygen atoms in total. The molecule has 0 unspecified atom stereocenters. The van der Waals surface area contributed by atoms with Crippen molar-refractivity contribution in [2.75, 3.05) is 11.9 Å². The third-order valence-electron chi connectivity index (χ3n) is 6.00. The van der Waals surface area contributed by atoms with Crippen molar-refractivity contribution in [3.05, 3.63) is 106 Å². The summed E-state index contributed by atoms with van der Waals surface area (Å²) in [6, 6.07) is 17.9. The van der Waals surface area contributed by atoms with E-state index in [0.717, 1.165) is 39.1 Å². The van der Waals surface area contributed by atoms with Crippen molar-refractivity contribution in [3.63, 3.8) is 0 Å². The summed E-state index contributed by atoms with van der Waals surface area (Å²) in [4.78, 5) is 28.3. The molecule has 0 radical (unpaired) electrons. The average Bonchev–Trinajstić information content (AvgIpc) is 2.99. The Kier molecular flexibility index (Phi) is 6.14. The van der Waals surface area contributed by atoms with Crippen LogP contribution < -0.4 is 5.32 Å². The lowest BCUT2D eigenvalue weighted by atomic mass is 9.97. The second kappa shape index (κ2) is 9.02. The van der Waals surface area contributed by atoms with Gasteiger partial charge in [-0.15, -0.1) is 0 Å². The number of rotatable bonds is 6. The molecule has 3 aromatic carbocycles. The summed E-state index contributed by atoms with van der Waals surface area (Å²) in [5.74, 6) is -0.982. The van der Waals surface area contributed by atoms with Gasteiger partial charge in [-0.2, -0.15) is 0 Å². The third-order valence-corrected chi connectivity index (χ3v) is 6.00. The predicted molar refractivity (Wildman–Crippen MR) is 129 cm³/mol. The fourth-order valence-corrected chi connectivity index (χ4v) is 4.22. The van der Waals surface area contributed by atoms with Gasteiger partial charge >= 0.3 is 0 Å². The van der Waals surface area contributed by atoms with Crippen molar-refractivity contribution in [1.82, 2.24) is 4.90 Å². The van der Waals surface area contributed by atoms with Crippen LogP contribution in [-0.2, 0) is 16.0 Å². The fourth-order valence-electron chi connectivity index (χ4n) is 4.22. The summed E-state index contributed by atoms with van der Waals surface area (Å²) in [5.41, 5.74) is 7.21. The van der Waals surface area contributed by atoms with Crippen LogP contribution in [-0.4, -0.2) is 23.3 Å². The summed E-state index contributed by atoms with van der Waals surface area (Å²) < 4.78 is 13.2. The van der Waals surface area contributed by atoms with Crippen LogP contribution in [0.4, 0.5) is 10.1 Å². The molecule has 0 fully saturated rings. The van der Waals surface area contributed by atoms with Crippen molar-refractivity contribution < 1.29 is 14.0 Å². The van der Waals surface area contributed by atoms with Crippen molar-refractivity contribution in [3.8, 4) is 0 Å². The molecule has 0 aliphatic carbocycles. The van der Waals surface area contributed by atoms with E-state index in [1.165, 1.54) is 17.0 Å². The lowest BCUT2D eigenvalue weighted by molar-refractivity contribution is -0.136. The summed E-state index contributed by atoms with van der Waals surface area (Å²) in [5, 5.41) is 3.26. The maximum Gasteiger partial charge on any atom is 0.278 e. The SMILES string of the molecule is Cc1ccc(NC2=C(c3ccc(C)cc3C)C(=O)N(CCc3ccc(F)cc3)C2=O)c(C)c1. The molecule has 0 bridgehead atoms. The zero-order valence-electron chi connectivity index (χ0n) is 19.3. The monoisotopic (exact) mass is 442 g/mol. The number of hydrogen-bond acceptors (Lipinski definition) is 3. The van der Waals surface area contributed by atoms with Crippen molar-refractivity contribution in [1.29, 1.82) is 0 Å². The van der Waals surface area contributed by atoms with Gasteiger partial charge in [0, 0.05) is 12.2 Å². The van der Waals surface area contributed by atoms with Gasteiger partial charge in [-0.1, -0.05) is 53.6 Å². The highest BCUT2D eigenvalue weighted by Crippen LogP contribution is 2.33. The van der Waals surface area contributed by atoms with Crippen LogP contribution in [0.3, 0.4) is 0 Å². The van der Waals surface area contributed by atoms with Gasteiger partial charge in [-0.3, -0.25) is 14.5 Å². The Hall–Kier alpha value is -3.73. The van der Waals surface area contributed by atoms with Gasteiger partial charge in [-0.05, 0) is 74.6 Å². The zero-order valence-corrected chi connectivity index (χ0v) is 19.3. The maximum absolute atomic E-state index is 13.5. The molecule has 2 amide bonds. The molecule has 0 aromatic heterocycles. The number of aryl methyl sites for hydroxylation is 4. The molecule has 168 valence electrons. The van der Waals surface area contributed by atoms with Crippen LogP contribution in [0.25, 0.3) is 5.57 Å². The molecule has 0 saturated carbocycles. The van der Waals surface area contributed by atoms with Gasteiger partial charge in [-0.25, -0.2) is 4.39 Å². The first-order chi connectivity index (χ1) is 15.7. The highest BCUT2D eigenvalue weighted by molar-refractivity contribution is 6.36. The van der Waals surface area contributed by atoms with Crippen molar-refractivity contribution in [2.45, 2.75) is 34.1 Å². The number of anilines is 1. The fraction of sp³-hybridized carbons (Fsp3) is 0.214. The van der Waals surface area contributed by atoms with Gasteiger partial charge in [0.1, 0.15) is 11.5 Å². The second-order valence-electron chi connectivity index (χ2n) is 8.65. The second-order valence-corrected chi connectivity index (χ2v) is 8.65. The molecule has 33 heavy (non-hydrogen) atoms. The molecular weight excluding hydrogens is 415 g/mol. The predicted octanol–water partition coefficient (Wildman–Crippen LogP) is 5.49. The van der Waals surface area contributed by atoms with Crippen LogP contribution in [0, 0.1) is 33.5 Å². The number of carbonyl (C=O) groups excluding carboxylic acids is 2. The van der Waals surface area contributed by atoms with E-state index in [-0.39, 0.29) is 29.9 Å². The number of hydrogen-bond donors (Lipinski definition) is 1. The summed E-state index contributed by atoms with van der Waals surface area (Å²) >= 11 is 0. The molecule has 5 heteroatoms. The first kappa shape index (κ1) is 22.5. The van der Waals surface area contributed by atoms with E-state index in [4.69, 9.17) is 0 Å². The Morgan fingerprint density at radius 3 is 2.06 bits per heavy atom. The minimum Gasteiger partial charge on any atom is -0.350 e. The van der Waals surface area contributed by atoms with Gasteiger partial charge in [0.25, 0.3) is 11.8 Å². The zero-order chi connectivity index (χ0) is 23.7. The average molecular weight is 443 g/mol. The Morgan fingerprint density at radius 2 is 1.42 bits per heavy atom. The topological polar surface area (TPSA) is 49.4 Å². The van der Waals surface area contributed by atoms with Gasteiger partial charge in [0.2, 0.25) is 0 Å². The summed E-state index contributed by atoms with van der Waals surface area (Å²) in [6.45, 7) is 8.15.